The summed E-state index contributed by atoms with van der Waals surface area (Å²) >= 11 is 5.97. The lowest BCUT2D eigenvalue weighted by Gasteiger charge is -1.84. The second-order valence-electron chi connectivity index (χ2n) is 2.69. The molecule has 0 atom stereocenters. The van der Waals surface area contributed by atoms with Crippen LogP contribution >= 0.6 is 23.8 Å². The Bertz CT molecular complexity index is 421. The third-order valence-electron chi connectivity index (χ3n) is 1.49. The Morgan fingerprint density at radius 3 is 2.88 bits per heavy atom. The van der Waals surface area contributed by atoms with Gasteiger partial charge in [-0.1, -0.05) is 22.8 Å². The summed E-state index contributed by atoms with van der Waals surface area (Å²) in [6, 6.07) is 0. The van der Waals surface area contributed by atoms with Gasteiger partial charge in [-0.3, -0.25) is 0 Å². The summed E-state index contributed by atoms with van der Waals surface area (Å²) in [4.78, 5) is 6.85. The molecule has 2 heterocycles. The lowest BCUT2D eigenvalue weighted by atomic mass is 10.3. The summed E-state index contributed by atoms with van der Waals surface area (Å²) < 4.78 is 3.68. The molecule has 0 bridgehead atoms. The minimum absolute atomic E-state index is 0.301. The van der Waals surface area contributed by atoms with Crippen LogP contribution in [0.1, 0.15) is 11.5 Å². The van der Waals surface area contributed by atoms with Crippen LogP contribution in [0, 0.1) is 0 Å². The third-order valence-corrected chi connectivity index (χ3v) is 2.24. The monoisotopic (exact) mass is 253 g/mol. The quantitative estimate of drug-likeness (QED) is 0.637. The first-order valence-corrected chi connectivity index (χ1v) is 5.64. The third kappa shape index (κ3) is 4.28. The molecule has 84 valence electrons. The van der Waals surface area contributed by atoms with E-state index in [4.69, 9.17) is 5.73 Å². The molecule has 0 fully saturated rings. The highest BCUT2D eigenvalue weighted by Crippen LogP contribution is 1.96. The molecular weight excluding hydrogens is 242 g/mol. The molecule has 0 aliphatic heterocycles. The molecule has 0 saturated carbocycles. The number of aromatic amines is 1. The van der Waals surface area contributed by atoms with Gasteiger partial charge in [0.2, 0.25) is 0 Å². The van der Waals surface area contributed by atoms with Gasteiger partial charge < -0.3 is 10.7 Å². The zero-order valence-corrected chi connectivity index (χ0v) is 10.1. The van der Waals surface area contributed by atoms with E-state index in [1.54, 1.807) is 12.4 Å². The molecule has 2 aromatic rings. The van der Waals surface area contributed by atoms with E-state index in [-0.39, 0.29) is 0 Å². The van der Waals surface area contributed by atoms with Crippen molar-refractivity contribution in [2.75, 3.05) is 0 Å². The molecule has 7 heteroatoms. The van der Waals surface area contributed by atoms with E-state index in [2.05, 4.69) is 38.4 Å². The van der Waals surface area contributed by atoms with Crippen molar-refractivity contribution in [2.45, 2.75) is 6.42 Å². The Balaban J connectivity index is 0.000000160. The predicted octanol–water partition coefficient (Wildman–Crippen LogP) is 1.31. The van der Waals surface area contributed by atoms with Crippen molar-refractivity contribution >= 4 is 28.7 Å². The van der Waals surface area contributed by atoms with Crippen molar-refractivity contribution in [3.63, 3.8) is 0 Å². The topological polar surface area (TPSA) is 80.5 Å². The van der Waals surface area contributed by atoms with Crippen LogP contribution in [0.5, 0.6) is 0 Å². The Hall–Kier alpha value is -1.60. The smallest absolute Gasteiger partial charge is 0.164 e. The predicted molar refractivity (Wildman–Crippen MR) is 68.3 cm³/mol. The molecule has 0 aliphatic rings. The van der Waals surface area contributed by atoms with Crippen molar-refractivity contribution in [1.29, 1.82) is 0 Å². The average molecular weight is 253 g/mol. The summed E-state index contributed by atoms with van der Waals surface area (Å²) in [5, 5.41) is 5.72. The lowest BCUT2D eigenvalue weighted by molar-refractivity contribution is 1.04. The van der Waals surface area contributed by atoms with E-state index in [0.717, 1.165) is 12.1 Å². The zero-order chi connectivity index (χ0) is 11.8. The minimum atomic E-state index is 0.301. The second kappa shape index (κ2) is 6.81. The highest BCUT2D eigenvalue weighted by atomic mass is 32.1. The number of hydrogen-bond acceptors (Lipinski definition) is 5. The molecule has 2 rings (SSSR count). The van der Waals surface area contributed by atoms with E-state index < -0.39 is 0 Å². The second-order valence-corrected chi connectivity index (χ2v) is 3.74. The molecule has 0 radical (unpaired) electrons. The zero-order valence-electron chi connectivity index (χ0n) is 8.46. The summed E-state index contributed by atoms with van der Waals surface area (Å²) in [6.45, 7) is 3.57. The number of H-pyrrole nitrogens is 1. The van der Waals surface area contributed by atoms with Crippen molar-refractivity contribution < 1.29 is 0 Å². The van der Waals surface area contributed by atoms with Crippen molar-refractivity contribution in [2.24, 2.45) is 5.73 Å². The van der Waals surface area contributed by atoms with Gasteiger partial charge in [0, 0.05) is 24.2 Å². The number of nitrogens with zero attached hydrogens (tertiary/aromatic N) is 3. The Kier molecular flexibility index (Phi) is 5.30. The molecule has 0 saturated heterocycles. The van der Waals surface area contributed by atoms with E-state index in [1.165, 1.54) is 11.5 Å². The lowest BCUT2D eigenvalue weighted by Crippen LogP contribution is -2.10. The molecule has 16 heavy (non-hydrogen) atoms. The minimum Gasteiger partial charge on any atom is -0.387 e. The van der Waals surface area contributed by atoms with Crippen LogP contribution in [0.4, 0.5) is 0 Å². The number of rotatable bonds is 3. The first-order chi connectivity index (χ1) is 7.74. The van der Waals surface area contributed by atoms with Crippen LogP contribution in [0.25, 0.3) is 0 Å². The maximum Gasteiger partial charge on any atom is 0.164 e. The largest absolute Gasteiger partial charge is 0.387 e. The number of nitrogens with one attached hydrogen (secondary N) is 1. The molecule has 5 nitrogen and oxygen atoms in total. The summed E-state index contributed by atoms with van der Waals surface area (Å²) in [5.41, 5.74) is 6.20. The first-order valence-electron chi connectivity index (χ1n) is 4.40. The van der Waals surface area contributed by atoms with E-state index in [0.29, 0.717) is 10.8 Å². The molecule has 0 aromatic carbocycles. The van der Waals surface area contributed by atoms with Crippen LogP contribution in [-0.4, -0.2) is 24.5 Å². The van der Waals surface area contributed by atoms with Crippen LogP contribution in [0.3, 0.4) is 0 Å². The maximum absolute atomic E-state index is 5.20. The van der Waals surface area contributed by atoms with E-state index >= 15 is 0 Å². The summed E-state index contributed by atoms with van der Waals surface area (Å²) in [7, 11) is 0. The van der Waals surface area contributed by atoms with Gasteiger partial charge in [0.25, 0.3) is 0 Å². The standard InChI is InChI=1S/C5H6N2S.C4H5N3S/c1-2-3-5-4-8-7-6-5;5-3(8)4-6-1-2-7-4/h2,4H,1,3H2;1-2H,(H2,5,8)(H,6,7). The van der Waals surface area contributed by atoms with Crippen molar-refractivity contribution in [3.05, 3.63) is 41.9 Å². The SMILES string of the molecule is C=CCc1csnn1.NC(=S)c1ncc[nH]1. The van der Waals surface area contributed by atoms with Gasteiger partial charge >= 0.3 is 0 Å². The van der Waals surface area contributed by atoms with Gasteiger partial charge in [-0.2, -0.15) is 0 Å². The molecular formula is C9H11N5S2. The Morgan fingerprint density at radius 1 is 1.69 bits per heavy atom. The fourth-order valence-corrected chi connectivity index (χ4v) is 1.40. The molecule has 3 N–H and O–H groups in total. The molecule has 0 spiro atoms. The molecule has 0 unspecified atom stereocenters. The fraction of sp³-hybridized carbons (Fsp3) is 0.111. The van der Waals surface area contributed by atoms with E-state index in [1.807, 2.05) is 11.5 Å². The van der Waals surface area contributed by atoms with Gasteiger partial charge in [-0.05, 0) is 11.5 Å². The molecule has 0 aliphatic carbocycles. The highest BCUT2D eigenvalue weighted by molar-refractivity contribution is 7.80. The van der Waals surface area contributed by atoms with Crippen LogP contribution in [0.2, 0.25) is 0 Å². The van der Waals surface area contributed by atoms with Gasteiger partial charge in [-0.15, -0.1) is 11.7 Å². The number of imidazole rings is 1. The Morgan fingerprint density at radius 2 is 2.50 bits per heavy atom. The number of thiocarbonyl (C=S) groups is 1. The van der Waals surface area contributed by atoms with Gasteiger partial charge in [0.15, 0.2) is 5.82 Å². The normalized spacial score (nSPS) is 9.00. The molecule has 2 aromatic heterocycles. The fourth-order valence-electron chi connectivity index (χ4n) is 0.821. The van der Waals surface area contributed by atoms with Gasteiger partial charge in [0.1, 0.15) is 4.99 Å². The Labute approximate surface area is 103 Å². The molecule has 0 amide bonds. The average Bonchev–Trinajstić information content (AvgIpc) is 2.91. The summed E-state index contributed by atoms with van der Waals surface area (Å²) in [6.07, 6.45) is 5.93. The number of aromatic nitrogens is 4. The summed E-state index contributed by atoms with van der Waals surface area (Å²) in [5.74, 6) is 0.569. The van der Waals surface area contributed by atoms with Crippen LogP contribution in [-0.2, 0) is 6.42 Å². The van der Waals surface area contributed by atoms with Crippen molar-refractivity contribution in [1.82, 2.24) is 19.6 Å². The first kappa shape index (κ1) is 12.5. The maximum atomic E-state index is 5.20. The highest BCUT2D eigenvalue weighted by Gasteiger charge is 1.92. The van der Waals surface area contributed by atoms with Gasteiger partial charge in [-0.25, -0.2) is 4.98 Å². The van der Waals surface area contributed by atoms with Crippen LogP contribution < -0.4 is 5.73 Å². The van der Waals surface area contributed by atoms with Crippen LogP contribution in [0.15, 0.2) is 30.4 Å². The number of nitrogens with two attached hydrogens (primary N) is 1. The number of allylic oxidation sites excluding steroid dienone is 1. The van der Waals surface area contributed by atoms with Crippen molar-refractivity contribution in [3.8, 4) is 0 Å². The van der Waals surface area contributed by atoms with Gasteiger partial charge in [0.05, 0.1) is 5.69 Å². The number of hydrogen-bond donors (Lipinski definition) is 2. The van der Waals surface area contributed by atoms with E-state index in [9.17, 15) is 0 Å².